The number of para-hydroxylation sites is 2. The predicted octanol–water partition coefficient (Wildman–Crippen LogP) is 6.16. The number of fused-ring (bicyclic) bond motifs is 2. The summed E-state index contributed by atoms with van der Waals surface area (Å²) in [5.74, 6) is -1.36. The van der Waals surface area contributed by atoms with Crippen molar-refractivity contribution in [3.63, 3.8) is 0 Å². The van der Waals surface area contributed by atoms with Crippen molar-refractivity contribution in [2.24, 2.45) is 11.1 Å². The number of hydrogen-bond acceptors (Lipinski definition) is 5. The lowest BCUT2D eigenvalue weighted by molar-refractivity contribution is -0.111. The summed E-state index contributed by atoms with van der Waals surface area (Å²) in [5, 5.41) is 14.2. The van der Waals surface area contributed by atoms with Crippen molar-refractivity contribution < 1.29 is 18.4 Å². The number of Topliss-reactive ketones (excluding diaryl/α,β-unsaturated/α-hetero) is 1. The van der Waals surface area contributed by atoms with Gasteiger partial charge in [-0.3, -0.25) is 4.79 Å². The normalized spacial score (nSPS) is 12.2. The van der Waals surface area contributed by atoms with Crippen molar-refractivity contribution in [2.75, 3.05) is 5.75 Å². The van der Waals surface area contributed by atoms with Crippen LogP contribution >= 0.6 is 0 Å². The maximum absolute atomic E-state index is 12.1. The second-order valence-corrected chi connectivity index (χ2v) is 10.7. The molecule has 3 aromatic carbocycles. The van der Waals surface area contributed by atoms with Crippen molar-refractivity contribution >= 4 is 43.1 Å². The number of aromatic nitrogens is 2. The van der Waals surface area contributed by atoms with Crippen LogP contribution in [0.3, 0.4) is 0 Å². The minimum atomic E-state index is -3.51. The third-order valence-electron chi connectivity index (χ3n) is 5.71. The fourth-order valence-electron chi connectivity index (χ4n) is 3.76. The van der Waals surface area contributed by atoms with Crippen molar-refractivity contribution in [3.8, 4) is 0 Å². The zero-order valence-electron chi connectivity index (χ0n) is 21.0. The van der Waals surface area contributed by atoms with Gasteiger partial charge in [-0.2, -0.15) is 0 Å². The number of aromatic amines is 2. The molecule has 0 aliphatic carbocycles. The molecule has 0 aliphatic heterocycles. The van der Waals surface area contributed by atoms with E-state index in [9.17, 15) is 13.2 Å². The van der Waals surface area contributed by atoms with Crippen LogP contribution in [-0.4, -0.2) is 40.8 Å². The first kappa shape index (κ1) is 27.4. The van der Waals surface area contributed by atoms with Gasteiger partial charge in [0.2, 0.25) is 0 Å². The second-order valence-electron chi connectivity index (χ2n) is 8.67. The number of rotatable bonds is 5. The Morgan fingerprint density at radius 2 is 1.32 bits per heavy atom. The SMILES string of the molecule is CC(=O)C(=NO)C(C)CS(=O)(=O)c1ccc(C)cc1.c1ccc2[nH]ccc2c1.c1ccc2[nH]ccc2c1. The van der Waals surface area contributed by atoms with Gasteiger partial charge in [0.15, 0.2) is 15.6 Å². The number of aryl methyl sites for hydroxylation is 1. The van der Waals surface area contributed by atoms with Gasteiger partial charge in [0.1, 0.15) is 5.71 Å². The van der Waals surface area contributed by atoms with Gasteiger partial charge >= 0.3 is 0 Å². The zero-order valence-corrected chi connectivity index (χ0v) is 21.9. The van der Waals surface area contributed by atoms with Gasteiger partial charge in [-0.25, -0.2) is 8.42 Å². The molecule has 5 aromatic rings. The predicted molar refractivity (Wildman–Crippen MR) is 149 cm³/mol. The van der Waals surface area contributed by atoms with Gasteiger partial charge in [0.25, 0.3) is 0 Å². The molecule has 0 spiro atoms. The fourth-order valence-corrected chi connectivity index (χ4v) is 5.32. The van der Waals surface area contributed by atoms with Crippen molar-refractivity contribution in [1.29, 1.82) is 0 Å². The van der Waals surface area contributed by atoms with Crippen LogP contribution in [-0.2, 0) is 14.6 Å². The lowest BCUT2D eigenvalue weighted by Gasteiger charge is -2.11. The number of nitrogens with one attached hydrogen (secondary N) is 2. The highest BCUT2D eigenvalue weighted by atomic mass is 32.2. The first-order valence-corrected chi connectivity index (χ1v) is 13.4. The highest BCUT2D eigenvalue weighted by Crippen LogP contribution is 2.16. The summed E-state index contributed by atoms with van der Waals surface area (Å²) >= 11 is 0. The fraction of sp³-hybridized carbons (Fsp3) is 0.172. The molecular weight excluding hydrogens is 486 g/mol. The molecule has 1 atom stereocenters. The number of hydrogen-bond donors (Lipinski definition) is 3. The first-order chi connectivity index (χ1) is 17.7. The second kappa shape index (κ2) is 12.7. The Morgan fingerprint density at radius 3 is 1.76 bits per heavy atom. The summed E-state index contributed by atoms with van der Waals surface area (Å²) in [6.45, 7) is 4.65. The third kappa shape index (κ3) is 7.65. The Bertz CT molecular complexity index is 1460. The van der Waals surface area contributed by atoms with Gasteiger partial charge in [0, 0.05) is 36.3 Å². The van der Waals surface area contributed by atoms with E-state index in [1.165, 1.54) is 40.9 Å². The van der Waals surface area contributed by atoms with Crippen LogP contribution in [0.5, 0.6) is 0 Å². The quantitative estimate of drug-likeness (QED) is 0.147. The number of carbonyl (C=O) groups is 1. The van der Waals surface area contributed by atoms with Gasteiger partial charge < -0.3 is 15.2 Å². The molecule has 0 fully saturated rings. The molecule has 37 heavy (non-hydrogen) atoms. The lowest BCUT2D eigenvalue weighted by atomic mass is 10.1. The van der Waals surface area contributed by atoms with E-state index in [4.69, 9.17) is 5.21 Å². The number of sulfone groups is 1. The van der Waals surface area contributed by atoms with E-state index < -0.39 is 21.5 Å². The molecule has 0 amide bonds. The molecule has 192 valence electrons. The maximum Gasteiger partial charge on any atom is 0.179 e. The monoisotopic (exact) mass is 517 g/mol. The summed E-state index contributed by atoms with van der Waals surface area (Å²) in [4.78, 5) is 17.6. The molecule has 3 N–H and O–H groups in total. The standard InChI is InChI=1S/C13H17NO4S.2C8H7N/c1-9-4-6-12(7-5-9)19(17,18)8-10(2)13(14-16)11(3)15;2*1-2-4-8-7(3-1)5-6-9-8/h4-7,10,16H,8H2,1-3H3;2*1-6,9H. The molecule has 0 saturated heterocycles. The third-order valence-corrected chi connectivity index (χ3v) is 7.64. The lowest BCUT2D eigenvalue weighted by Crippen LogP contribution is -2.26. The Morgan fingerprint density at radius 1 is 0.838 bits per heavy atom. The number of benzene rings is 3. The Hall–Kier alpha value is -4.17. The van der Waals surface area contributed by atoms with Crippen molar-refractivity contribution in [3.05, 3.63) is 103 Å². The van der Waals surface area contributed by atoms with Gasteiger partial charge in [-0.05, 0) is 54.1 Å². The van der Waals surface area contributed by atoms with Crippen molar-refractivity contribution in [2.45, 2.75) is 25.7 Å². The maximum atomic E-state index is 12.1. The first-order valence-electron chi connectivity index (χ1n) is 11.8. The summed E-state index contributed by atoms with van der Waals surface area (Å²) in [6.07, 6.45) is 3.90. The highest BCUT2D eigenvalue weighted by Gasteiger charge is 2.24. The molecule has 0 radical (unpaired) electrons. The van der Waals surface area contributed by atoms with Crippen molar-refractivity contribution in [1.82, 2.24) is 9.97 Å². The van der Waals surface area contributed by atoms with E-state index in [-0.39, 0.29) is 16.4 Å². The van der Waals surface area contributed by atoms with Gasteiger partial charge in [0.05, 0.1) is 10.6 Å². The molecule has 1 unspecified atom stereocenters. The summed E-state index contributed by atoms with van der Waals surface area (Å²) in [5.41, 5.74) is 3.25. The number of H-pyrrole nitrogens is 2. The number of carbonyl (C=O) groups excluding carboxylic acids is 1. The van der Waals surface area contributed by atoms with Gasteiger partial charge in [-0.1, -0.05) is 66.2 Å². The highest BCUT2D eigenvalue weighted by molar-refractivity contribution is 7.91. The number of nitrogens with zero attached hydrogens (tertiary/aromatic N) is 1. The van der Waals surface area contributed by atoms with Crippen LogP contribution < -0.4 is 0 Å². The van der Waals surface area contributed by atoms with E-state index in [1.54, 1.807) is 19.1 Å². The largest absolute Gasteiger partial charge is 0.411 e. The number of oxime groups is 1. The van der Waals surface area contributed by atoms with E-state index in [0.717, 1.165) is 5.56 Å². The van der Waals surface area contributed by atoms with Crippen LogP contribution in [0.25, 0.3) is 21.8 Å². The number of ketones is 1. The van der Waals surface area contributed by atoms with Crippen LogP contribution in [0.1, 0.15) is 19.4 Å². The molecule has 0 saturated carbocycles. The van der Waals surface area contributed by atoms with E-state index in [1.807, 2.05) is 43.6 Å². The Labute approximate surface area is 216 Å². The molecule has 0 bridgehead atoms. The Kier molecular flexibility index (Phi) is 9.40. The minimum absolute atomic E-state index is 0.129. The van der Waals surface area contributed by atoms with E-state index in [2.05, 4.69) is 51.5 Å². The van der Waals surface area contributed by atoms with Gasteiger partial charge in [-0.15, -0.1) is 0 Å². The van der Waals surface area contributed by atoms with Crippen LogP contribution in [0.4, 0.5) is 0 Å². The average molecular weight is 518 g/mol. The zero-order chi connectivity index (χ0) is 26.8. The minimum Gasteiger partial charge on any atom is -0.411 e. The van der Waals surface area contributed by atoms with E-state index in [0.29, 0.717) is 0 Å². The molecule has 2 heterocycles. The Balaban J connectivity index is 0.000000173. The average Bonchev–Trinajstić information content (AvgIpc) is 3.54. The van der Waals surface area contributed by atoms with Crippen LogP contribution in [0.2, 0.25) is 0 Å². The van der Waals surface area contributed by atoms with Crippen LogP contribution in [0.15, 0.2) is 107 Å². The summed E-state index contributed by atoms with van der Waals surface area (Å²) < 4.78 is 24.3. The van der Waals surface area contributed by atoms with Crippen LogP contribution in [0, 0.1) is 12.8 Å². The molecule has 2 aromatic heterocycles. The smallest absolute Gasteiger partial charge is 0.179 e. The molecular formula is C29H31N3O4S. The summed E-state index contributed by atoms with van der Waals surface area (Å²) in [6, 6.07) is 27.0. The van der Waals surface area contributed by atoms with E-state index >= 15 is 0 Å². The molecule has 5 rings (SSSR count). The molecule has 7 nitrogen and oxygen atoms in total. The summed E-state index contributed by atoms with van der Waals surface area (Å²) in [7, 11) is -3.51. The molecule has 0 aliphatic rings. The molecule has 8 heteroatoms. The topological polar surface area (TPSA) is 115 Å².